The van der Waals surface area contributed by atoms with E-state index < -0.39 is 0 Å². The maximum Gasteiger partial charge on any atom is 0.164 e. The van der Waals surface area contributed by atoms with Crippen LogP contribution >= 0.6 is 0 Å². The van der Waals surface area contributed by atoms with E-state index in [9.17, 15) is 0 Å². The Bertz CT molecular complexity index is 1800. The van der Waals surface area contributed by atoms with Crippen LogP contribution in [-0.2, 0) is 0 Å². The predicted octanol–water partition coefficient (Wildman–Crippen LogP) is 7.52. The second-order valence-electron chi connectivity index (χ2n) is 8.33. The first-order valence-corrected chi connectivity index (χ1v) is 11.1. The maximum absolute atomic E-state index is 4.83. The van der Waals surface area contributed by atoms with Gasteiger partial charge in [-0.05, 0) is 40.1 Å². The largest absolute Gasteiger partial charge is 0.291 e. The first-order chi connectivity index (χ1) is 16.4. The summed E-state index contributed by atoms with van der Waals surface area (Å²) in [6.07, 6.45) is 3.57. The molecular formula is C30H19N3. The summed E-state index contributed by atoms with van der Waals surface area (Å²) in [5.41, 5.74) is 7.60. The van der Waals surface area contributed by atoms with Crippen LogP contribution in [0.15, 0.2) is 116 Å². The molecule has 0 spiro atoms. The SMILES string of the molecule is c1ccc(-c2cc(-c3ccccc3)n3c4nccnc4c4cc5ccccc5cc4c23)cc1. The molecule has 0 unspecified atom stereocenters. The molecule has 0 N–H and O–H groups in total. The van der Waals surface area contributed by atoms with Gasteiger partial charge in [-0.2, -0.15) is 0 Å². The average Bonchev–Trinajstić information content (AvgIpc) is 3.30. The van der Waals surface area contributed by atoms with Gasteiger partial charge in [0.25, 0.3) is 0 Å². The van der Waals surface area contributed by atoms with Crippen LogP contribution in [0.25, 0.3) is 60.6 Å². The van der Waals surface area contributed by atoms with Crippen molar-refractivity contribution in [2.24, 2.45) is 0 Å². The van der Waals surface area contributed by atoms with Gasteiger partial charge in [0.15, 0.2) is 5.65 Å². The Balaban J connectivity index is 1.78. The van der Waals surface area contributed by atoms with E-state index in [1.54, 1.807) is 12.4 Å². The zero-order valence-corrected chi connectivity index (χ0v) is 17.8. The van der Waals surface area contributed by atoms with Crippen LogP contribution in [-0.4, -0.2) is 14.4 Å². The molecule has 0 atom stereocenters. The van der Waals surface area contributed by atoms with Crippen molar-refractivity contribution in [3.05, 3.63) is 116 Å². The number of hydrogen-bond acceptors (Lipinski definition) is 2. The molecule has 3 heterocycles. The highest BCUT2D eigenvalue weighted by molar-refractivity contribution is 6.18. The molecule has 0 amide bonds. The molecule has 154 valence electrons. The Hall–Kier alpha value is -4.50. The van der Waals surface area contributed by atoms with Crippen LogP contribution in [0, 0.1) is 0 Å². The summed E-state index contributed by atoms with van der Waals surface area (Å²) in [4.78, 5) is 9.63. The van der Waals surface area contributed by atoms with Crippen molar-refractivity contribution in [2.45, 2.75) is 0 Å². The zero-order valence-electron chi connectivity index (χ0n) is 17.8. The van der Waals surface area contributed by atoms with Gasteiger partial charge in [-0.15, -0.1) is 0 Å². The Morgan fingerprint density at radius 1 is 0.545 bits per heavy atom. The molecule has 3 aromatic heterocycles. The number of hydrogen-bond donors (Lipinski definition) is 0. The second-order valence-corrected chi connectivity index (χ2v) is 8.33. The molecule has 0 saturated carbocycles. The van der Waals surface area contributed by atoms with E-state index in [-0.39, 0.29) is 0 Å². The molecule has 0 aliphatic heterocycles. The number of pyridine rings is 1. The van der Waals surface area contributed by atoms with Crippen molar-refractivity contribution in [3.8, 4) is 22.4 Å². The van der Waals surface area contributed by atoms with E-state index >= 15 is 0 Å². The zero-order chi connectivity index (χ0) is 21.8. The summed E-state index contributed by atoms with van der Waals surface area (Å²) in [7, 11) is 0. The van der Waals surface area contributed by atoms with Crippen molar-refractivity contribution in [3.63, 3.8) is 0 Å². The molecule has 0 bridgehead atoms. The molecule has 0 radical (unpaired) electrons. The first-order valence-electron chi connectivity index (χ1n) is 11.1. The van der Waals surface area contributed by atoms with Crippen LogP contribution in [0.3, 0.4) is 0 Å². The molecule has 0 fully saturated rings. The number of nitrogens with zero attached hydrogens (tertiary/aromatic N) is 3. The van der Waals surface area contributed by atoms with Crippen LogP contribution < -0.4 is 0 Å². The van der Waals surface area contributed by atoms with Crippen molar-refractivity contribution in [1.29, 1.82) is 0 Å². The first kappa shape index (κ1) is 18.1. The Morgan fingerprint density at radius 3 is 1.88 bits per heavy atom. The van der Waals surface area contributed by atoms with Gasteiger partial charge in [0, 0.05) is 28.7 Å². The maximum atomic E-state index is 4.83. The summed E-state index contributed by atoms with van der Waals surface area (Å²) in [5, 5.41) is 4.73. The van der Waals surface area contributed by atoms with Gasteiger partial charge in [0.05, 0.1) is 11.2 Å². The van der Waals surface area contributed by atoms with Crippen LogP contribution in [0.1, 0.15) is 0 Å². The van der Waals surface area contributed by atoms with E-state index in [4.69, 9.17) is 9.97 Å². The highest BCUT2D eigenvalue weighted by Crippen LogP contribution is 2.41. The van der Waals surface area contributed by atoms with E-state index in [0.717, 1.165) is 33.3 Å². The minimum atomic E-state index is 0.872. The third kappa shape index (κ3) is 2.69. The summed E-state index contributed by atoms with van der Waals surface area (Å²) >= 11 is 0. The second kappa shape index (κ2) is 7.01. The smallest absolute Gasteiger partial charge is 0.164 e. The molecule has 33 heavy (non-hydrogen) atoms. The Morgan fingerprint density at radius 2 is 1.15 bits per heavy atom. The fourth-order valence-electron chi connectivity index (χ4n) is 4.97. The standard InChI is InChI=1S/C30H19N3/c1-3-9-20(10-4-1)24-19-27(21-11-5-2-6-12-21)33-29(24)26-18-23-14-8-7-13-22(23)17-25(26)28-30(33)32-16-15-31-28/h1-19H. The number of rotatable bonds is 2. The van der Waals surface area contributed by atoms with Gasteiger partial charge in [-0.1, -0.05) is 84.9 Å². The molecule has 4 aromatic carbocycles. The van der Waals surface area contributed by atoms with Crippen molar-refractivity contribution < 1.29 is 0 Å². The lowest BCUT2D eigenvalue weighted by Gasteiger charge is -2.12. The monoisotopic (exact) mass is 421 g/mol. The summed E-state index contributed by atoms with van der Waals surface area (Å²) in [5.74, 6) is 0. The van der Waals surface area contributed by atoms with Gasteiger partial charge in [-0.25, -0.2) is 4.98 Å². The Kier molecular flexibility index (Phi) is 3.84. The number of aromatic nitrogens is 3. The predicted molar refractivity (Wildman–Crippen MR) is 136 cm³/mol. The molecule has 0 saturated heterocycles. The van der Waals surface area contributed by atoms with Crippen molar-refractivity contribution in [1.82, 2.24) is 14.4 Å². The fourth-order valence-corrected chi connectivity index (χ4v) is 4.97. The molecule has 3 nitrogen and oxygen atoms in total. The van der Waals surface area contributed by atoms with Crippen molar-refractivity contribution >= 4 is 38.2 Å². The topological polar surface area (TPSA) is 30.2 Å². The minimum absolute atomic E-state index is 0.872. The summed E-state index contributed by atoms with van der Waals surface area (Å²) in [6, 6.07) is 36.5. The van der Waals surface area contributed by atoms with E-state index in [1.165, 1.54) is 27.3 Å². The van der Waals surface area contributed by atoms with Gasteiger partial charge in [-0.3, -0.25) is 9.38 Å². The third-order valence-electron chi connectivity index (χ3n) is 6.44. The van der Waals surface area contributed by atoms with Crippen LogP contribution in [0.2, 0.25) is 0 Å². The van der Waals surface area contributed by atoms with E-state index in [0.29, 0.717) is 0 Å². The lowest BCUT2D eigenvalue weighted by atomic mass is 9.99. The summed E-state index contributed by atoms with van der Waals surface area (Å²) < 4.78 is 2.29. The quantitative estimate of drug-likeness (QED) is 0.213. The molecule has 0 aliphatic carbocycles. The van der Waals surface area contributed by atoms with Gasteiger partial charge in [0.2, 0.25) is 0 Å². The molecule has 7 rings (SSSR count). The van der Waals surface area contributed by atoms with Crippen molar-refractivity contribution in [2.75, 3.05) is 0 Å². The molecule has 0 aliphatic rings. The highest BCUT2D eigenvalue weighted by Gasteiger charge is 2.20. The molecular weight excluding hydrogens is 402 g/mol. The highest BCUT2D eigenvalue weighted by atomic mass is 15.0. The van der Waals surface area contributed by atoms with E-state index in [2.05, 4.69) is 108 Å². The van der Waals surface area contributed by atoms with E-state index in [1.807, 2.05) is 0 Å². The number of fused-ring (bicyclic) bond motifs is 7. The lowest BCUT2D eigenvalue weighted by molar-refractivity contribution is 1.18. The average molecular weight is 422 g/mol. The normalized spacial score (nSPS) is 11.6. The van der Waals surface area contributed by atoms with Gasteiger partial charge < -0.3 is 0 Å². The molecule has 7 aromatic rings. The molecule has 3 heteroatoms. The van der Waals surface area contributed by atoms with Gasteiger partial charge >= 0.3 is 0 Å². The van der Waals surface area contributed by atoms with Crippen LogP contribution in [0.5, 0.6) is 0 Å². The van der Waals surface area contributed by atoms with Crippen LogP contribution in [0.4, 0.5) is 0 Å². The minimum Gasteiger partial charge on any atom is -0.291 e. The Labute approximate surface area is 190 Å². The lowest BCUT2D eigenvalue weighted by Crippen LogP contribution is -1.97. The third-order valence-corrected chi connectivity index (χ3v) is 6.44. The number of benzene rings is 4. The fraction of sp³-hybridized carbons (Fsp3) is 0. The van der Waals surface area contributed by atoms with Gasteiger partial charge in [0.1, 0.15) is 5.52 Å². The summed E-state index contributed by atoms with van der Waals surface area (Å²) in [6.45, 7) is 0.